The summed E-state index contributed by atoms with van der Waals surface area (Å²) in [5.41, 5.74) is 2.10. The molecule has 0 aromatic heterocycles. The Kier molecular flexibility index (Phi) is 5.08. The van der Waals surface area contributed by atoms with Gasteiger partial charge in [0.05, 0.1) is 17.4 Å². The van der Waals surface area contributed by atoms with Gasteiger partial charge in [0.2, 0.25) is 0 Å². The molecule has 2 aromatic rings. The van der Waals surface area contributed by atoms with Crippen LogP contribution >= 0.6 is 11.6 Å². The van der Waals surface area contributed by atoms with Gasteiger partial charge in [0.1, 0.15) is 11.8 Å². The maximum absolute atomic E-state index is 9.15. The molecular formula is C17H17ClN2O. The van der Waals surface area contributed by atoms with Gasteiger partial charge in [0.25, 0.3) is 0 Å². The van der Waals surface area contributed by atoms with E-state index in [4.69, 9.17) is 21.6 Å². The molecule has 4 heteroatoms. The maximum atomic E-state index is 9.15. The Morgan fingerprint density at radius 2 is 2.10 bits per heavy atom. The second-order valence-corrected chi connectivity index (χ2v) is 5.23. The van der Waals surface area contributed by atoms with Gasteiger partial charge in [-0.25, -0.2) is 0 Å². The fourth-order valence-electron chi connectivity index (χ4n) is 1.84. The standard InChI is InChI=1S/C17H17ClN2O/c1-3-12(2)21-16-6-4-5-15(10-16)20-17-8-7-14(18)9-13(17)11-19/h4-10,12,20H,3H2,1-2H3. The lowest BCUT2D eigenvalue weighted by molar-refractivity contribution is 0.217. The van der Waals surface area contributed by atoms with Crippen molar-refractivity contribution in [3.63, 3.8) is 0 Å². The highest BCUT2D eigenvalue weighted by molar-refractivity contribution is 6.30. The number of anilines is 2. The van der Waals surface area contributed by atoms with E-state index in [-0.39, 0.29) is 6.10 Å². The van der Waals surface area contributed by atoms with Crippen molar-refractivity contribution in [2.75, 3.05) is 5.32 Å². The second kappa shape index (κ2) is 7.01. The Morgan fingerprint density at radius 1 is 1.29 bits per heavy atom. The van der Waals surface area contributed by atoms with Crippen LogP contribution in [0.4, 0.5) is 11.4 Å². The quantitative estimate of drug-likeness (QED) is 0.832. The van der Waals surface area contributed by atoms with Crippen molar-refractivity contribution in [2.24, 2.45) is 0 Å². The molecule has 2 rings (SSSR count). The molecule has 0 radical (unpaired) electrons. The summed E-state index contributed by atoms with van der Waals surface area (Å²) < 4.78 is 5.79. The molecule has 0 amide bonds. The Balaban J connectivity index is 2.20. The Bertz CT molecular complexity index is 664. The van der Waals surface area contributed by atoms with E-state index in [0.29, 0.717) is 10.6 Å². The summed E-state index contributed by atoms with van der Waals surface area (Å²) in [5.74, 6) is 0.807. The highest BCUT2D eigenvalue weighted by Crippen LogP contribution is 2.26. The topological polar surface area (TPSA) is 45.0 Å². The molecule has 0 heterocycles. The molecule has 1 N–H and O–H groups in total. The van der Waals surface area contributed by atoms with Crippen LogP contribution in [-0.2, 0) is 0 Å². The van der Waals surface area contributed by atoms with Gasteiger partial charge < -0.3 is 10.1 Å². The molecule has 0 saturated heterocycles. The Morgan fingerprint density at radius 3 is 2.81 bits per heavy atom. The molecule has 1 atom stereocenters. The van der Waals surface area contributed by atoms with Gasteiger partial charge in [-0.1, -0.05) is 24.6 Å². The number of benzene rings is 2. The molecule has 2 aromatic carbocycles. The van der Waals surface area contributed by atoms with Crippen LogP contribution in [0.5, 0.6) is 5.75 Å². The van der Waals surface area contributed by atoms with Crippen molar-refractivity contribution < 1.29 is 4.74 Å². The molecule has 108 valence electrons. The van der Waals surface area contributed by atoms with Crippen LogP contribution in [0.15, 0.2) is 42.5 Å². The Hall–Kier alpha value is -2.18. The number of nitriles is 1. The van der Waals surface area contributed by atoms with Gasteiger partial charge in [0.15, 0.2) is 0 Å². The highest BCUT2D eigenvalue weighted by Gasteiger charge is 2.05. The van der Waals surface area contributed by atoms with Crippen LogP contribution < -0.4 is 10.1 Å². The fourth-order valence-corrected chi connectivity index (χ4v) is 2.01. The third-order valence-corrected chi connectivity index (χ3v) is 3.36. The van der Waals surface area contributed by atoms with Crippen molar-refractivity contribution in [2.45, 2.75) is 26.4 Å². The molecule has 21 heavy (non-hydrogen) atoms. The molecule has 0 spiro atoms. The van der Waals surface area contributed by atoms with E-state index in [1.165, 1.54) is 0 Å². The summed E-state index contributed by atoms with van der Waals surface area (Å²) in [6, 6.07) is 15.0. The smallest absolute Gasteiger partial charge is 0.121 e. The Labute approximate surface area is 130 Å². The fraction of sp³-hybridized carbons (Fsp3) is 0.235. The van der Waals surface area contributed by atoms with Crippen LogP contribution in [0.1, 0.15) is 25.8 Å². The summed E-state index contributed by atoms with van der Waals surface area (Å²) in [5, 5.41) is 12.9. The van der Waals surface area contributed by atoms with E-state index in [1.54, 1.807) is 18.2 Å². The molecule has 0 bridgehead atoms. The van der Waals surface area contributed by atoms with Gasteiger partial charge in [0, 0.05) is 16.8 Å². The van der Waals surface area contributed by atoms with E-state index < -0.39 is 0 Å². The van der Waals surface area contributed by atoms with Crippen LogP contribution in [0.25, 0.3) is 0 Å². The second-order valence-electron chi connectivity index (χ2n) is 4.79. The summed E-state index contributed by atoms with van der Waals surface area (Å²) >= 11 is 5.90. The zero-order valence-electron chi connectivity index (χ0n) is 12.1. The third kappa shape index (κ3) is 4.14. The number of hydrogen-bond acceptors (Lipinski definition) is 3. The number of nitrogens with one attached hydrogen (secondary N) is 1. The summed E-state index contributed by atoms with van der Waals surface area (Å²) in [6.45, 7) is 4.12. The lowest BCUT2D eigenvalue weighted by Crippen LogP contribution is -2.09. The van der Waals surface area contributed by atoms with Gasteiger partial charge in [-0.3, -0.25) is 0 Å². The van der Waals surface area contributed by atoms with Crippen molar-refractivity contribution >= 4 is 23.0 Å². The monoisotopic (exact) mass is 300 g/mol. The first-order valence-corrected chi connectivity index (χ1v) is 7.23. The van der Waals surface area contributed by atoms with E-state index in [2.05, 4.69) is 18.3 Å². The lowest BCUT2D eigenvalue weighted by Gasteiger charge is -2.14. The van der Waals surface area contributed by atoms with Crippen molar-refractivity contribution in [3.05, 3.63) is 53.1 Å². The van der Waals surface area contributed by atoms with Gasteiger partial charge in [-0.05, 0) is 43.7 Å². The number of ether oxygens (including phenoxy) is 1. The zero-order valence-corrected chi connectivity index (χ0v) is 12.8. The minimum absolute atomic E-state index is 0.172. The molecule has 0 aliphatic heterocycles. The predicted molar refractivity (Wildman–Crippen MR) is 86.3 cm³/mol. The lowest BCUT2D eigenvalue weighted by atomic mass is 10.2. The van der Waals surface area contributed by atoms with Gasteiger partial charge >= 0.3 is 0 Å². The average molecular weight is 301 g/mol. The number of nitrogens with zero attached hydrogens (tertiary/aromatic N) is 1. The van der Waals surface area contributed by atoms with Crippen LogP contribution in [0.3, 0.4) is 0 Å². The number of halogens is 1. The first-order chi connectivity index (χ1) is 10.1. The van der Waals surface area contributed by atoms with Crippen LogP contribution in [-0.4, -0.2) is 6.10 Å². The summed E-state index contributed by atoms with van der Waals surface area (Å²) in [7, 11) is 0. The maximum Gasteiger partial charge on any atom is 0.121 e. The van der Waals surface area contributed by atoms with Crippen molar-refractivity contribution in [1.82, 2.24) is 0 Å². The molecule has 0 aliphatic carbocycles. The minimum Gasteiger partial charge on any atom is -0.491 e. The van der Waals surface area contributed by atoms with E-state index in [1.807, 2.05) is 31.2 Å². The van der Waals surface area contributed by atoms with Crippen molar-refractivity contribution in [3.8, 4) is 11.8 Å². The molecular weight excluding hydrogens is 284 g/mol. The molecule has 3 nitrogen and oxygen atoms in total. The SMILES string of the molecule is CCC(C)Oc1cccc(Nc2ccc(Cl)cc2C#N)c1. The summed E-state index contributed by atoms with van der Waals surface area (Å²) in [4.78, 5) is 0. The molecule has 0 saturated carbocycles. The van der Waals surface area contributed by atoms with E-state index in [0.717, 1.165) is 23.5 Å². The number of rotatable bonds is 5. The first-order valence-electron chi connectivity index (χ1n) is 6.85. The van der Waals surface area contributed by atoms with Gasteiger partial charge in [-0.2, -0.15) is 5.26 Å². The molecule has 1 unspecified atom stereocenters. The van der Waals surface area contributed by atoms with Crippen LogP contribution in [0.2, 0.25) is 5.02 Å². The predicted octanol–water partition coefficient (Wildman–Crippen LogP) is 5.13. The highest BCUT2D eigenvalue weighted by atomic mass is 35.5. The molecule has 0 fully saturated rings. The van der Waals surface area contributed by atoms with Gasteiger partial charge in [-0.15, -0.1) is 0 Å². The largest absolute Gasteiger partial charge is 0.491 e. The minimum atomic E-state index is 0.172. The summed E-state index contributed by atoms with van der Waals surface area (Å²) in [6.07, 6.45) is 1.12. The normalized spacial score (nSPS) is 11.5. The zero-order chi connectivity index (χ0) is 15.2. The average Bonchev–Trinajstić information content (AvgIpc) is 2.49. The van der Waals surface area contributed by atoms with Crippen molar-refractivity contribution in [1.29, 1.82) is 5.26 Å². The first kappa shape index (κ1) is 15.2. The molecule has 0 aliphatic rings. The van der Waals surface area contributed by atoms with Crippen LogP contribution in [0, 0.1) is 11.3 Å². The van der Waals surface area contributed by atoms with E-state index in [9.17, 15) is 0 Å². The third-order valence-electron chi connectivity index (χ3n) is 3.13. The number of hydrogen-bond donors (Lipinski definition) is 1. The van der Waals surface area contributed by atoms with E-state index >= 15 is 0 Å².